The van der Waals surface area contributed by atoms with Crippen LogP contribution in [0.5, 0.6) is 0 Å². The normalized spacial score (nSPS) is 18.0. The zero-order valence-electron chi connectivity index (χ0n) is 24.9. The van der Waals surface area contributed by atoms with Crippen molar-refractivity contribution in [2.75, 3.05) is 24.6 Å². The summed E-state index contributed by atoms with van der Waals surface area (Å²) in [5.41, 5.74) is 4.74. The number of benzene rings is 5. The molecular weight excluding hydrogens is 577 g/mol. The standard InChI is InChI=1S/C39H34N2O3S/c42-36-38(29-30-15-5-1-6-16-30,44-28-27-40-26-25-31-17-13-14-24-35(31)40)45-37(43)41(36)39(32-18-7-2-8-19-32,33-20-9-3-10-21-33)34-22-11-4-12-23-34/h1-24H,25-29H2. The molecule has 0 aliphatic carbocycles. The van der Waals surface area contributed by atoms with Gasteiger partial charge in [0.1, 0.15) is 5.54 Å². The molecule has 224 valence electrons. The molecule has 0 aromatic heterocycles. The molecule has 6 heteroatoms. The Hall–Kier alpha value is -4.65. The van der Waals surface area contributed by atoms with Gasteiger partial charge in [0.25, 0.3) is 11.1 Å². The second kappa shape index (κ2) is 12.4. The van der Waals surface area contributed by atoms with Crippen LogP contribution in [0.4, 0.5) is 10.5 Å². The summed E-state index contributed by atoms with van der Waals surface area (Å²) >= 11 is 1.000. The molecule has 5 aromatic carbocycles. The van der Waals surface area contributed by atoms with E-state index >= 15 is 4.79 Å². The van der Waals surface area contributed by atoms with Crippen molar-refractivity contribution in [2.45, 2.75) is 23.3 Å². The second-order valence-electron chi connectivity index (χ2n) is 11.4. The molecule has 0 radical (unpaired) electrons. The number of rotatable bonds is 10. The Labute approximate surface area is 268 Å². The largest absolute Gasteiger partial charge is 0.369 e. The van der Waals surface area contributed by atoms with Gasteiger partial charge in [-0.15, -0.1) is 0 Å². The maximum absolute atomic E-state index is 15.2. The van der Waals surface area contributed by atoms with Gasteiger partial charge in [0.2, 0.25) is 4.93 Å². The highest BCUT2D eigenvalue weighted by atomic mass is 32.2. The maximum atomic E-state index is 15.2. The quantitative estimate of drug-likeness (QED) is 0.152. The van der Waals surface area contributed by atoms with Crippen molar-refractivity contribution in [1.82, 2.24) is 4.90 Å². The third-order valence-electron chi connectivity index (χ3n) is 8.83. The molecular formula is C39H34N2O3S. The van der Waals surface area contributed by atoms with Gasteiger partial charge in [0.15, 0.2) is 0 Å². The van der Waals surface area contributed by atoms with Crippen LogP contribution >= 0.6 is 11.8 Å². The molecule has 2 heterocycles. The number of anilines is 1. The first-order valence-corrected chi connectivity index (χ1v) is 16.2. The Morgan fingerprint density at radius 3 is 1.76 bits per heavy atom. The maximum Gasteiger partial charge on any atom is 0.293 e. The third-order valence-corrected chi connectivity index (χ3v) is 9.96. The first-order valence-electron chi connectivity index (χ1n) is 15.4. The van der Waals surface area contributed by atoms with E-state index in [-0.39, 0.29) is 17.6 Å². The Morgan fingerprint density at radius 1 is 0.667 bits per heavy atom. The average Bonchev–Trinajstić information content (AvgIpc) is 3.61. The molecule has 5 nitrogen and oxygen atoms in total. The fourth-order valence-corrected chi connectivity index (χ4v) is 7.93. The number of ether oxygens (including phenoxy) is 1. The smallest absolute Gasteiger partial charge is 0.293 e. The van der Waals surface area contributed by atoms with Gasteiger partial charge in [-0.25, -0.2) is 0 Å². The Morgan fingerprint density at radius 2 is 1.18 bits per heavy atom. The summed E-state index contributed by atoms with van der Waals surface area (Å²) in [7, 11) is 0. The molecule has 7 rings (SSSR count). The van der Waals surface area contributed by atoms with Crippen LogP contribution in [0.2, 0.25) is 0 Å². The Bertz CT molecular complexity index is 1690. The number of thioether (sulfide) groups is 1. The number of hydrogen-bond donors (Lipinski definition) is 0. The van der Waals surface area contributed by atoms with Crippen LogP contribution in [0.1, 0.15) is 27.8 Å². The minimum Gasteiger partial charge on any atom is -0.369 e. The van der Waals surface area contributed by atoms with Gasteiger partial charge in [-0.2, -0.15) is 0 Å². The number of carbonyl (C=O) groups is 2. The number of fused-ring (bicyclic) bond motifs is 1. The summed E-state index contributed by atoms with van der Waals surface area (Å²) in [5.74, 6) is -0.347. The zero-order chi connectivity index (χ0) is 30.7. The van der Waals surface area contributed by atoms with Gasteiger partial charge in [-0.3, -0.25) is 14.5 Å². The summed E-state index contributed by atoms with van der Waals surface area (Å²) < 4.78 is 6.70. The molecule has 2 aliphatic rings. The third kappa shape index (κ3) is 5.24. The highest BCUT2D eigenvalue weighted by molar-refractivity contribution is 8.15. The Balaban J connectivity index is 1.32. The van der Waals surface area contributed by atoms with Crippen LogP contribution in [0, 0.1) is 0 Å². The molecule has 1 unspecified atom stereocenters. The van der Waals surface area contributed by atoms with Crippen molar-refractivity contribution in [3.8, 4) is 0 Å². The summed E-state index contributed by atoms with van der Waals surface area (Å²) in [6.45, 7) is 1.83. The summed E-state index contributed by atoms with van der Waals surface area (Å²) in [6.07, 6.45) is 1.25. The average molecular weight is 611 g/mol. The van der Waals surface area contributed by atoms with E-state index in [0.29, 0.717) is 13.2 Å². The van der Waals surface area contributed by atoms with Crippen LogP contribution < -0.4 is 4.90 Å². The summed E-state index contributed by atoms with van der Waals surface area (Å²) in [4.78, 5) is 32.0. The topological polar surface area (TPSA) is 49.9 Å². The molecule has 45 heavy (non-hydrogen) atoms. The number of imide groups is 1. The molecule has 0 spiro atoms. The number of carbonyl (C=O) groups excluding carboxylic acids is 2. The van der Waals surface area contributed by atoms with Crippen LogP contribution in [-0.4, -0.2) is 40.7 Å². The SMILES string of the molecule is O=C1SC(Cc2ccccc2)(OCCN2CCc3ccccc32)C(=O)N1C(c1ccccc1)(c1ccccc1)c1ccccc1. The molecule has 2 aliphatic heterocycles. The van der Waals surface area contributed by atoms with E-state index in [1.165, 1.54) is 16.2 Å². The molecule has 0 saturated carbocycles. The van der Waals surface area contributed by atoms with Gasteiger partial charge in [-0.05, 0) is 52.1 Å². The fraction of sp³-hybridized carbons (Fsp3) is 0.179. The van der Waals surface area contributed by atoms with E-state index in [1.807, 2.05) is 121 Å². The van der Waals surface area contributed by atoms with E-state index in [1.54, 1.807) is 0 Å². The van der Waals surface area contributed by atoms with Crippen LogP contribution in [0.15, 0.2) is 146 Å². The van der Waals surface area contributed by atoms with Crippen LogP contribution in [0.3, 0.4) is 0 Å². The lowest BCUT2D eigenvalue weighted by Gasteiger charge is -2.42. The number of amides is 2. The highest BCUT2D eigenvalue weighted by Gasteiger charge is 2.61. The number of hydrogen-bond acceptors (Lipinski definition) is 5. The van der Waals surface area contributed by atoms with E-state index in [9.17, 15) is 4.79 Å². The van der Waals surface area contributed by atoms with Crippen molar-refractivity contribution in [3.05, 3.63) is 173 Å². The lowest BCUT2D eigenvalue weighted by Crippen LogP contribution is -2.54. The molecule has 1 saturated heterocycles. The summed E-state index contributed by atoms with van der Waals surface area (Å²) in [5, 5.41) is -0.334. The van der Waals surface area contributed by atoms with Crippen LogP contribution in [0.25, 0.3) is 0 Å². The zero-order valence-corrected chi connectivity index (χ0v) is 25.7. The molecule has 0 bridgehead atoms. The van der Waals surface area contributed by atoms with Crippen molar-refractivity contribution in [1.29, 1.82) is 0 Å². The van der Waals surface area contributed by atoms with Gasteiger partial charge in [0, 0.05) is 25.2 Å². The van der Waals surface area contributed by atoms with Crippen molar-refractivity contribution < 1.29 is 14.3 Å². The van der Waals surface area contributed by atoms with Crippen molar-refractivity contribution in [2.24, 2.45) is 0 Å². The lowest BCUT2D eigenvalue weighted by atomic mass is 9.75. The van der Waals surface area contributed by atoms with Gasteiger partial charge < -0.3 is 9.64 Å². The van der Waals surface area contributed by atoms with Crippen LogP contribution in [-0.2, 0) is 27.9 Å². The molecule has 1 atom stereocenters. The van der Waals surface area contributed by atoms with Gasteiger partial charge >= 0.3 is 0 Å². The monoisotopic (exact) mass is 610 g/mol. The number of para-hydroxylation sites is 1. The highest BCUT2D eigenvalue weighted by Crippen LogP contribution is 2.51. The fourth-order valence-electron chi connectivity index (χ4n) is 6.78. The van der Waals surface area contributed by atoms with Crippen molar-refractivity contribution in [3.63, 3.8) is 0 Å². The predicted molar refractivity (Wildman–Crippen MR) is 180 cm³/mol. The van der Waals surface area contributed by atoms with Gasteiger partial charge in [0.05, 0.1) is 6.61 Å². The molecule has 2 amide bonds. The van der Waals surface area contributed by atoms with Crippen molar-refractivity contribution >= 4 is 28.6 Å². The van der Waals surface area contributed by atoms with E-state index < -0.39 is 10.5 Å². The minimum absolute atomic E-state index is 0.268. The minimum atomic E-state index is -1.43. The molecule has 1 fully saturated rings. The van der Waals surface area contributed by atoms with E-state index in [4.69, 9.17) is 4.74 Å². The second-order valence-corrected chi connectivity index (χ2v) is 12.7. The van der Waals surface area contributed by atoms with E-state index in [2.05, 4.69) is 29.2 Å². The van der Waals surface area contributed by atoms with Gasteiger partial charge in [-0.1, -0.05) is 140 Å². The first-order chi connectivity index (χ1) is 22.1. The lowest BCUT2D eigenvalue weighted by molar-refractivity contribution is -0.145. The summed E-state index contributed by atoms with van der Waals surface area (Å²) in [6, 6.07) is 47.8. The Kier molecular flexibility index (Phi) is 8.01. The predicted octanol–water partition coefficient (Wildman–Crippen LogP) is 7.69. The van der Waals surface area contributed by atoms with E-state index in [0.717, 1.165) is 47.0 Å². The number of nitrogens with zero attached hydrogens (tertiary/aromatic N) is 2. The first kappa shape index (κ1) is 29.1. The molecule has 0 N–H and O–H groups in total. The molecule has 5 aromatic rings.